The second kappa shape index (κ2) is 7.82. The lowest BCUT2D eigenvalue weighted by molar-refractivity contribution is -0.117. The van der Waals surface area contributed by atoms with Crippen molar-refractivity contribution in [3.05, 3.63) is 63.6 Å². The molecule has 8 heteroatoms. The van der Waals surface area contributed by atoms with E-state index in [9.17, 15) is 9.59 Å². The van der Waals surface area contributed by atoms with Crippen LogP contribution in [0.3, 0.4) is 0 Å². The van der Waals surface area contributed by atoms with E-state index in [-0.39, 0.29) is 0 Å². The van der Waals surface area contributed by atoms with Crippen LogP contribution in [0, 0.1) is 6.92 Å². The minimum Gasteiger partial charge on any atom is -0.268 e. The second-order valence-corrected chi connectivity index (χ2v) is 6.71. The van der Waals surface area contributed by atoms with Gasteiger partial charge < -0.3 is 0 Å². The topological polar surface area (TPSA) is 84.0 Å². The summed E-state index contributed by atoms with van der Waals surface area (Å²) in [6.45, 7) is 1.77. The molecule has 2 heterocycles. The van der Waals surface area contributed by atoms with Gasteiger partial charge in [0.1, 0.15) is 9.88 Å². The summed E-state index contributed by atoms with van der Waals surface area (Å²) in [6.07, 6.45) is 2.88. The van der Waals surface area contributed by atoms with Crippen LogP contribution in [0.25, 0.3) is 16.6 Å². The number of rotatable bonds is 4. The third-order valence-electron chi connectivity index (χ3n) is 3.18. The van der Waals surface area contributed by atoms with Crippen LogP contribution >= 0.6 is 22.7 Å². The summed E-state index contributed by atoms with van der Waals surface area (Å²) >= 11 is 2.72. The van der Waals surface area contributed by atoms with Gasteiger partial charge in [0.05, 0.1) is 16.9 Å². The van der Waals surface area contributed by atoms with Gasteiger partial charge in [-0.3, -0.25) is 20.4 Å². The van der Waals surface area contributed by atoms with Gasteiger partial charge >= 0.3 is 0 Å². The van der Waals surface area contributed by atoms with Crippen molar-refractivity contribution in [3.63, 3.8) is 0 Å². The van der Waals surface area contributed by atoms with Gasteiger partial charge in [-0.15, -0.1) is 22.7 Å². The van der Waals surface area contributed by atoms with Gasteiger partial charge in [-0.05, 0) is 13.0 Å². The number of carbonyl (C=O) groups is 2. The summed E-state index contributed by atoms with van der Waals surface area (Å²) in [4.78, 5) is 32.9. The van der Waals surface area contributed by atoms with Gasteiger partial charge in [0, 0.05) is 17.0 Å². The summed E-state index contributed by atoms with van der Waals surface area (Å²) in [7, 11) is 0. The van der Waals surface area contributed by atoms with Crippen molar-refractivity contribution < 1.29 is 9.59 Å². The van der Waals surface area contributed by atoms with E-state index in [4.69, 9.17) is 0 Å². The molecule has 0 saturated carbocycles. The number of carbonyl (C=O) groups excluding carboxylic acids is 2. The lowest BCUT2D eigenvalue weighted by atomic mass is 10.2. The fourth-order valence-electron chi connectivity index (χ4n) is 1.99. The molecular formula is C17H14N4O2S2. The zero-order valence-electron chi connectivity index (χ0n) is 13.2. The Balaban J connectivity index is 1.62. The fraction of sp³-hybridized carbons (Fsp3) is 0.0588. The van der Waals surface area contributed by atoms with Crippen molar-refractivity contribution in [2.75, 3.05) is 0 Å². The Morgan fingerprint density at radius 2 is 1.96 bits per heavy atom. The number of hydrazine groups is 1. The van der Waals surface area contributed by atoms with E-state index in [1.165, 1.54) is 28.7 Å². The first-order valence-corrected chi connectivity index (χ1v) is 9.09. The second-order valence-electron chi connectivity index (χ2n) is 4.99. The average molecular weight is 370 g/mol. The van der Waals surface area contributed by atoms with Crippen molar-refractivity contribution in [1.29, 1.82) is 0 Å². The summed E-state index contributed by atoms with van der Waals surface area (Å²) in [5, 5.41) is 2.58. The Morgan fingerprint density at radius 3 is 2.68 bits per heavy atom. The lowest BCUT2D eigenvalue weighted by Crippen LogP contribution is -2.40. The molecule has 0 radical (unpaired) electrons. The first kappa shape index (κ1) is 17.0. The Bertz CT molecular complexity index is 902. The summed E-state index contributed by atoms with van der Waals surface area (Å²) in [5.74, 6) is -0.834. The van der Waals surface area contributed by atoms with E-state index < -0.39 is 11.8 Å². The number of hydrogen-bond acceptors (Lipinski definition) is 6. The van der Waals surface area contributed by atoms with Gasteiger partial charge in [0.2, 0.25) is 0 Å². The molecule has 0 atom stereocenters. The molecule has 3 aromatic rings. The minimum absolute atomic E-state index is 0.396. The van der Waals surface area contributed by atoms with Crippen LogP contribution < -0.4 is 10.9 Å². The van der Waals surface area contributed by atoms with E-state index >= 15 is 0 Å². The fourth-order valence-corrected chi connectivity index (χ4v) is 3.48. The number of aryl methyl sites for hydroxylation is 1. The molecule has 3 rings (SSSR count). The smallest absolute Gasteiger partial charge is 0.268 e. The van der Waals surface area contributed by atoms with Gasteiger partial charge in [0.25, 0.3) is 11.8 Å². The molecule has 6 nitrogen and oxygen atoms in total. The molecule has 0 bridgehead atoms. The van der Waals surface area contributed by atoms with E-state index in [1.54, 1.807) is 18.5 Å². The molecule has 0 unspecified atom stereocenters. The highest BCUT2D eigenvalue weighted by atomic mass is 32.1. The van der Waals surface area contributed by atoms with Crippen LogP contribution in [0.15, 0.2) is 47.3 Å². The maximum atomic E-state index is 12.3. The summed E-state index contributed by atoms with van der Waals surface area (Å²) in [5.41, 5.74) is 8.68. The summed E-state index contributed by atoms with van der Waals surface area (Å²) in [6, 6.07) is 9.63. The normalized spacial score (nSPS) is 10.8. The van der Waals surface area contributed by atoms with Crippen LogP contribution in [-0.4, -0.2) is 21.8 Å². The zero-order chi connectivity index (χ0) is 17.6. The quantitative estimate of drug-likeness (QED) is 0.546. The van der Waals surface area contributed by atoms with E-state index in [1.807, 2.05) is 35.7 Å². The minimum atomic E-state index is -0.438. The third kappa shape index (κ3) is 4.37. The first-order valence-electron chi connectivity index (χ1n) is 7.33. The van der Waals surface area contributed by atoms with Crippen LogP contribution in [0.2, 0.25) is 0 Å². The van der Waals surface area contributed by atoms with E-state index in [0.29, 0.717) is 16.3 Å². The standard InChI is InChI=1S/C17H14N4O2S2/c1-11-15(25-17(19-11)12-5-3-2-4-6-12)16(23)21-20-14(22)8-7-13-9-24-10-18-13/h2-10H,1H3,(H,20,22)(H,21,23)/b8-7-. The Kier molecular flexibility index (Phi) is 5.32. The van der Waals surface area contributed by atoms with E-state index in [0.717, 1.165) is 10.6 Å². The maximum absolute atomic E-state index is 12.3. The number of nitrogens with one attached hydrogen (secondary N) is 2. The van der Waals surface area contributed by atoms with Crippen molar-refractivity contribution in [3.8, 4) is 10.6 Å². The molecule has 0 fully saturated rings. The monoisotopic (exact) mass is 370 g/mol. The van der Waals surface area contributed by atoms with Gasteiger partial charge in [-0.1, -0.05) is 30.3 Å². The molecule has 0 spiro atoms. The third-order valence-corrected chi connectivity index (χ3v) is 4.99. The highest BCUT2D eigenvalue weighted by Crippen LogP contribution is 2.27. The van der Waals surface area contributed by atoms with Gasteiger partial charge in [-0.2, -0.15) is 0 Å². The van der Waals surface area contributed by atoms with Crippen LogP contribution in [-0.2, 0) is 4.79 Å². The lowest BCUT2D eigenvalue weighted by Gasteiger charge is -2.03. The molecule has 1 aromatic carbocycles. The predicted molar refractivity (Wildman–Crippen MR) is 99.0 cm³/mol. The predicted octanol–water partition coefficient (Wildman–Crippen LogP) is 3.05. The van der Waals surface area contributed by atoms with E-state index in [2.05, 4.69) is 20.8 Å². The molecule has 2 aromatic heterocycles. The van der Waals surface area contributed by atoms with Crippen molar-refractivity contribution >= 4 is 40.6 Å². The Hall–Kier alpha value is -2.84. The molecule has 0 aliphatic carbocycles. The Labute approximate surface area is 152 Å². The molecule has 0 aliphatic heterocycles. The number of hydrogen-bond donors (Lipinski definition) is 2. The molecule has 2 N–H and O–H groups in total. The van der Waals surface area contributed by atoms with Crippen LogP contribution in [0.4, 0.5) is 0 Å². The van der Waals surface area contributed by atoms with Gasteiger partial charge in [-0.25, -0.2) is 9.97 Å². The SMILES string of the molecule is Cc1nc(-c2ccccc2)sc1C(=O)NNC(=O)/C=C\c1cscn1. The molecular weight excluding hydrogens is 356 g/mol. The molecule has 0 aliphatic rings. The highest BCUT2D eigenvalue weighted by Gasteiger charge is 2.16. The van der Waals surface area contributed by atoms with Crippen molar-refractivity contribution in [2.24, 2.45) is 0 Å². The van der Waals surface area contributed by atoms with Crippen molar-refractivity contribution in [1.82, 2.24) is 20.8 Å². The number of aromatic nitrogens is 2. The number of benzene rings is 1. The Morgan fingerprint density at radius 1 is 1.16 bits per heavy atom. The maximum Gasteiger partial charge on any atom is 0.281 e. The number of amides is 2. The molecule has 0 saturated heterocycles. The molecule has 25 heavy (non-hydrogen) atoms. The van der Waals surface area contributed by atoms with Crippen LogP contribution in [0.5, 0.6) is 0 Å². The molecule has 126 valence electrons. The van der Waals surface area contributed by atoms with Crippen LogP contribution in [0.1, 0.15) is 21.1 Å². The average Bonchev–Trinajstić information content (AvgIpc) is 3.28. The zero-order valence-corrected chi connectivity index (χ0v) is 14.9. The molecule has 2 amide bonds. The largest absolute Gasteiger partial charge is 0.281 e. The first-order chi connectivity index (χ1) is 12.1. The summed E-state index contributed by atoms with van der Waals surface area (Å²) < 4.78 is 0. The number of thiazole rings is 2. The number of nitrogens with zero attached hydrogens (tertiary/aromatic N) is 2. The highest BCUT2D eigenvalue weighted by molar-refractivity contribution is 7.17. The van der Waals surface area contributed by atoms with Gasteiger partial charge in [0.15, 0.2) is 0 Å². The van der Waals surface area contributed by atoms with Crippen molar-refractivity contribution in [2.45, 2.75) is 6.92 Å².